The molecule has 1 amide bonds. The lowest BCUT2D eigenvalue weighted by molar-refractivity contribution is 0.0754. The highest BCUT2D eigenvalue weighted by Gasteiger charge is 2.39. The standard InChI is InChI=1S/C19H22ClN5O2/c20-15-4-2-14(3-5-15)18(27)25-12-16(17(26)13-25)23-8-10-24(11-9-23)19-21-6-1-7-22-19/h1-7,16-17,26H,8-13H2/t16-,17-/m0/s1. The first-order valence-electron chi connectivity index (χ1n) is 9.11. The second kappa shape index (κ2) is 7.80. The van der Waals surface area contributed by atoms with Crippen molar-refractivity contribution in [1.82, 2.24) is 19.8 Å². The topological polar surface area (TPSA) is 72.8 Å². The average molecular weight is 388 g/mol. The van der Waals surface area contributed by atoms with Crippen molar-refractivity contribution in [3.63, 3.8) is 0 Å². The fraction of sp³-hybridized carbons (Fsp3) is 0.421. The molecule has 8 heteroatoms. The maximum absolute atomic E-state index is 12.7. The lowest BCUT2D eigenvalue weighted by Gasteiger charge is -2.38. The minimum Gasteiger partial charge on any atom is -0.390 e. The summed E-state index contributed by atoms with van der Waals surface area (Å²) in [5.41, 5.74) is 0.596. The number of piperazine rings is 1. The van der Waals surface area contributed by atoms with E-state index >= 15 is 0 Å². The number of aliphatic hydroxyl groups excluding tert-OH is 1. The zero-order valence-electron chi connectivity index (χ0n) is 14.9. The van der Waals surface area contributed by atoms with Crippen LogP contribution in [-0.4, -0.2) is 82.2 Å². The number of likely N-dealkylation sites (tertiary alicyclic amines) is 1. The maximum Gasteiger partial charge on any atom is 0.253 e. The van der Waals surface area contributed by atoms with E-state index in [1.54, 1.807) is 47.6 Å². The molecule has 0 aliphatic carbocycles. The Hall–Kier alpha value is -2.22. The van der Waals surface area contributed by atoms with Crippen LogP contribution in [0.25, 0.3) is 0 Å². The number of anilines is 1. The van der Waals surface area contributed by atoms with Gasteiger partial charge in [-0.2, -0.15) is 0 Å². The molecule has 0 bridgehead atoms. The van der Waals surface area contributed by atoms with E-state index in [4.69, 9.17) is 11.6 Å². The first-order valence-corrected chi connectivity index (χ1v) is 9.48. The van der Waals surface area contributed by atoms with Crippen LogP contribution in [0, 0.1) is 0 Å². The Kier molecular flexibility index (Phi) is 5.24. The van der Waals surface area contributed by atoms with Crippen LogP contribution in [0.15, 0.2) is 42.7 Å². The molecule has 0 unspecified atom stereocenters. The summed E-state index contributed by atoms with van der Waals surface area (Å²) in [5, 5.41) is 11.1. The lowest BCUT2D eigenvalue weighted by atomic mass is 10.1. The molecule has 142 valence electrons. The van der Waals surface area contributed by atoms with Crippen molar-refractivity contribution in [2.75, 3.05) is 44.2 Å². The molecule has 2 aliphatic rings. The van der Waals surface area contributed by atoms with Crippen molar-refractivity contribution >= 4 is 23.5 Å². The number of hydrogen-bond donors (Lipinski definition) is 1. The van der Waals surface area contributed by atoms with Crippen LogP contribution in [0.5, 0.6) is 0 Å². The molecule has 2 aromatic rings. The van der Waals surface area contributed by atoms with Gasteiger partial charge in [-0.05, 0) is 30.3 Å². The molecule has 2 aliphatic heterocycles. The summed E-state index contributed by atoms with van der Waals surface area (Å²) in [6, 6.07) is 8.64. The number of β-amino-alcohol motifs (C(OH)–C–C–N with tert-alkyl or cyclic N) is 1. The average Bonchev–Trinajstić information content (AvgIpc) is 3.10. The minimum absolute atomic E-state index is 0.0416. The molecule has 7 nitrogen and oxygen atoms in total. The van der Waals surface area contributed by atoms with Gasteiger partial charge >= 0.3 is 0 Å². The Morgan fingerprint density at radius 1 is 1.04 bits per heavy atom. The van der Waals surface area contributed by atoms with Gasteiger partial charge in [0.05, 0.1) is 12.1 Å². The first-order chi connectivity index (χ1) is 13.1. The number of hydrogen-bond acceptors (Lipinski definition) is 6. The second-order valence-electron chi connectivity index (χ2n) is 6.92. The van der Waals surface area contributed by atoms with Crippen LogP contribution in [0.2, 0.25) is 5.02 Å². The van der Waals surface area contributed by atoms with E-state index in [-0.39, 0.29) is 11.9 Å². The van der Waals surface area contributed by atoms with Gasteiger partial charge in [0, 0.05) is 62.2 Å². The van der Waals surface area contributed by atoms with Gasteiger partial charge in [0.2, 0.25) is 5.95 Å². The predicted molar refractivity (Wildman–Crippen MR) is 103 cm³/mol. The number of amides is 1. The third-order valence-electron chi connectivity index (χ3n) is 5.26. The number of aliphatic hydroxyl groups is 1. The van der Waals surface area contributed by atoms with Gasteiger partial charge in [-0.3, -0.25) is 9.69 Å². The normalized spacial score (nSPS) is 23.6. The Labute approximate surface area is 163 Å². The van der Waals surface area contributed by atoms with Gasteiger partial charge in [-0.25, -0.2) is 9.97 Å². The highest BCUT2D eigenvalue weighted by molar-refractivity contribution is 6.30. The summed E-state index contributed by atoms with van der Waals surface area (Å²) in [7, 11) is 0. The molecular formula is C19H22ClN5O2. The molecule has 3 heterocycles. The SMILES string of the molecule is O=C(c1ccc(Cl)cc1)N1C[C@H](O)[C@@H](N2CCN(c3ncccn3)CC2)C1. The molecule has 2 atom stereocenters. The molecule has 2 fully saturated rings. The van der Waals surface area contributed by atoms with Crippen molar-refractivity contribution in [3.05, 3.63) is 53.3 Å². The molecule has 0 saturated carbocycles. The number of benzene rings is 1. The molecule has 27 heavy (non-hydrogen) atoms. The number of nitrogens with zero attached hydrogens (tertiary/aromatic N) is 5. The van der Waals surface area contributed by atoms with Gasteiger partial charge in [-0.1, -0.05) is 11.6 Å². The molecule has 1 N–H and O–H groups in total. The van der Waals surface area contributed by atoms with Crippen LogP contribution in [-0.2, 0) is 0 Å². The number of aromatic nitrogens is 2. The monoisotopic (exact) mass is 387 g/mol. The van der Waals surface area contributed by atoms with E-state index in [1.165, 1.54) is 0 Å². The number of rotatable bonds is 3. The Balaban J connectivity index is 1.36. The van der Waals surface area contributed by atoms with E-state index in [1.807, 2.05) is 0 Å². The van der Waals surface area contributed by atoms with Crippen LogP contribution in [0.3, 0.4) is 0 Å². The summed E-state index contributed by atoms with van der Waals surface area (Å²) in [5.74, 6) is 0.674. The largest absolute Gasteiger partial charge is 0.390 e. The molecule has 1 aromatic carbocycles. The van der Waals surface area contributed by atoms with Crippen molar-refractivity contribution < 1.29 is 9.90 Å². The number of halogens is 1. The molecule has 4 rings (SSSR count). The lowest BCUT2D eigenvalue weighted by Crippen LogP contribution is -2.54. The summed E-state index contributed by atoms with van der Waals surface area (Å²) in [6.45, 7) is 4.11. The highest BCUT2D eigenvalue weighted by atomic mass is 35.5. The van der Waals surface area contributed by atoms with Gasteiger partial charge in [0.15, 0.2) is 0 Å². The molecule has 2 saturated heterocycles. The Morgan fingerprint density at radius 3 is 2.37 bits per heavy atom. The quantitative estimate of drug-likeness (QED) is 0.851. The predicted octanol–water partition coefficient (Wildman–Crippen LogP) is 1.14. The third kappa shape index (κ3) is 3.90. The van der Waals surface area contributed by atoms with E-state index < -0.39 is 6.10 Å². The van der Waals surface area contributed by atoms with Crippen molar-refractivity contribution in [1.29, 1.82) is 0 Å². The van der Waals surface area contributed by atoms with Crippen LogP contribution >= 0.6 is 11.6 Å². The Bertz CT molecular complexity index is 780. The highest BCUT2D eigenvalue weighted by Crippen LogP contribution is 2.22. The zero-order valence-corrected chi connectivity index (χ0v) is 15.7. The Morgan fingerprint density at radius 2 is 1.70 bits per heavy atom. The molecule has 0 spiro atoms. The minimum atomic E-state index is -0.541. The third-order valence-corrected chi connectivity index (χ3v) is 5.51. The van der Waals surface area contributed by atoms with E-state index in [0.717, 1.165) is 32.1 Å². The molecule has 1 aromatic heterocycles. The van der Waals surface area contributed by atoms with Gasteiger partial charge in [0.1, 0.15) is 0 Å². The zero-order chi connectivity index (χ0) is 18.8. The van der Waals surface area contributed by atoms with Gasteiger partial charge < -0.3 is 14.9 Å². The number of carbonyl (C=O) groups excluding carboxylic acids is 1. The molecule has 0 radical (unpaired) electrons. The fourth-order valence-electron chi connectivity index (χ4n) is 3.78. The van der Waals surface area contributed by atoms with Gasteiger partial charge in [-0.15, -0.1) is 0 Å². The first kappa shape index (κ1) is 18.2. The van der Waals surface area contributed by atoms with Gasteiger partial charge in [0.25, 0.3) is 5.91 Å². The number of carbonyl (C=O) groups is 1. The summed E-state index contributed by atoms with van der Waals surface area (Å²) >= 11 is 5.90. The van der Waals surface area contributed by atoms with Crippen molar-refractivity contribution in [2.45, 2.75) is 12.1 Å². The van der Waals surface area contributed by atoms with E-state index in [0.29, 0.717) is 23.7 Å². The summed E-state index contributed by atoms with van der Waals surface area (Å²) in [4.78, 5) is 27.4. The maximum atomic E-state index is 12.7. The van der Waals surface area contributed by atoms with Crippen molar-refractivity contribution in [3.8, 4) is 0 Å². The fourth-order valence-corrected chi connectivity index (χ4v) is 3.90. The van der Waals surface area contributed by atoms with E-state index in [9.17, 15) is 9.90 Å². The van der Waals surface area contributed by atoms with Crippen LogP contribution in [0.4, 0.5) is 5.95 Å². The van der Waals surface area contributed by atoms with E-state index in [2.05, 4.69) is 19.8 Å². The summed E-state index contributed by atoms with van der Waals surface area (Å²) < 4.78 is 0. The second-order valence-corrected chi connectivity index (χ2v) is 7.36. The van der Waals surface area contributed by atoms with Crippen molar-refractivity contribution in [2.24, 2.45) is 0 Å². The smallest absolute Gasteiger partial charge is 0.253 e. The van der Waals surface area contributed by atoms with Crippen LogP contribution < -0.4 is 4.90 Å². The molecular weight excluding hydrogens is 366 g/mol. The van der Waals surface area contributed by atoms with Crippen LogP contribution in [0.1, 0.15) is 10.4 Å². The summed E-state index contributed by atoms with van der Waals surface area (Å²) in [6.07, 6.45) is 2.95.